The summed E-state index contributed by atoms with van der Waals surface area (Å²) in [5.74, 6) is -0.0223. The largest absolute Gasteiger partial charge is 0.289 e. The third-order valence-corrected chi connectivity index (χ3v) is 5.97. The average molecular weight is 418 g/mol. The lowest BCUT2D eigenvalue weighted by atomic mass is 9.86. The van der Waals surface area contributed by atoms with Crippen LogP contribution in [0.25, 0.3) is 33.5 Å². The standard InChI is InChI=1S/C28H19NOS/c30-28(22-14-8-3-9-15-22)26-25(21-12-6-2-7-13-21)24(20-10-4-1-5-11-20)18-29-27(26)23-16-17-31-19-23/h1-19H. The van der Waals surface area contributed by atoms with Crippen molar-refractivity contribution in [2.75, 3.05) is 0 Å². The Hall–Kier alpha value is -3.82. The summed E-state index contributed by atoms with van der Waals surface area (Å²) in [5, 5.41) is 4.06. The van der Waals surface area contributed by atoms with Crippen LogP contribution >= 0.6 is 11.3 Å². The Bertz CT molecular complexity index is 1310. The average Bonchev–Trinajstić information content (AvgIpc) is 3.39. The molecule has 2 nitrogen and oxygen atoms in total. The normalized spacial score (nSPS) is 10.7. The van der Waals surface area contributed by atoms with Crippen LogP contribution in [0.3, 0.4) is 0 Å². The molecule has 0 aliphatic rings. The van der Waals surface area contributed by atoms with Gasteiger partial charge < -0.3 is 0 Å². The number of rotatable bonds is 5. The van der Waals surface area contributed by atoms with E-state index in [9.17, 15) is 4.79 Å². The number of carbonyl (C=O) groups excluding carboxylic acids is 1. The second kappa shape index (κ2) is 8.50. The van der Waals surface area contributed by atoms with Crippen LogP contribution in [0.2, 0.25) is 0 Å². The molecule has 3 aromatic carbocycles. The van der Waals surface area contributed by atoms with Gasteiger partial charge >= 0.3 is 0 Å². The molecule has 0 unspecified atom stereocenters. The number of hydrogen-bond donors (Lipinski definition) is 0. The molecule has 0 atom stereocenters. The summed E-state index contributed by atoms with van der Waals surface area (Å²) in [6.07, 6.45) is 1.90. The van der Waals surface area contributed by atoms with E-state index >= 15 is 0 Å². The van der Waals surface area contributed by atoms with Crippen molar-refractivity contribution >= 4 is 17.1 Å². The Kier molecular flexibility index (Phi) is 5.26. The van der Waals surface area contributed by atoms with Crippen molar-refractivity contribution in [3.63, 3.8) is 0 Å². The maximum absolute atomic E-state index is 13.9. The van der Waals surface area contributed by atoms with Gasteiger partial charge in [-0.25, -0.2) is 0 Å². The number of ketones is 1. The minimum Gasteiger partial charge on any atom is -0.289 e. The third kappa shape index (κ3) is 3.72. The minimum atomic E-state index is -0.0223. The quantitative estimate of drug-likeness (QED) is 0.279. The van der Waals surface area contributed by atoms with E-state index < -0.39 is 0 Å². The van der Waals surface area contributed by atoms with E-state index in [1.807, 2.05) is 89.8 Å². The summed E-state index contributed by atoms with van der Waals surface area (Å²) in [7, 11) is 0. The Balaban J connectivity index is 1.87. The SMILES string of the molecule is O=C(c1ccccc1)c1c(-c2ccsc2)ncc(-c2ccccc2)c1-c1ccccc1. The second-order valence-electron chi connectivity index (χ2n) is 7.21. The number of nitrogens with zero attached hydrogens (tertiary/aromatic N) is 1. The van der Waals surface area contributed by atoms with E-state index in [0.717, 1.165) is 27.8 Å². The van der Waals surface area contributed by atoms with E-state index in [-0.39, 0.29) is 5.78 Å². The van der Waals surface area contributed by atoms with Crippen LogP contribution < -0.4 is 0 Å². The third-order valence-electron chi connectivity index (χ3n) is 5.28. The summed E-state index contributed by atoms with van der Waals surface area (Å²) >= 11 is 1.60. The van der Waals surface area contributed by atoms with Gasteiger partial charge in [0.25, 0.3) is 0 Å². The first-order valence-corrected chi connectivity index (χ1v) is 11.0. The van der Waals surface area contributed by atoms with Crippen LogP contribution in [-0.2, 0) is 0 Å². The first-order chi connectivity index (χ1) is 15.3. The fraction of sp³-hybridized carbons (Fsp3) is 0. The number of carbonyl (C=O) groups is 1. The van der Waals surface area contributed by atoms with Gasteiger partial charge in [-0.1, -0.05) is 91.0 Å². The van der Waals surface area contributed by atoms with Gasteiger partial charge in [0, 0.05) is 33.8 Å². The lowest BCUT2D eigenvalue weighted by Crippen LogP contribution is -2.08. The lowest BCUT2D eigenvalue weighted by molar-refractivity contribution is 0.103. The monoisotopic (exact) mass is 417 g/mol. The van der Waals surface area contributed by atoms with Crippen molar-refractivity contribution in [2.24, 2.45) is 0 Å². The molecule has 0 saturated heterocycles. The zero-order valence-corrected chi connectivity index (χ0v) is 17.5. The van der Waals surface area contributed by atoms with E-state index in [4.69, 9.17) is 4.98 Å². The molecule has 0 aliphatic heterocycles. The van der Waals surface area contributed by atoms with Crippen molar-refractivity contribution in [3.8, 4) is 33.5 Å². The van der Waals surface area contributed by atoms with Gasteiger partial charge in [-0.2, -0.15) is 11.3 Å². The van der Waals surface area contributed by atoms with Gasteiger partial charge in [0.2, 0.25) is 0 Å². The van der Waals surface area contributed by atoms with Gasteiger partial charge in [-0.05, 0) is 22.6 Å². The Labute approximate surface area is 185 Å². The van der Waals surface area contributed by atoms with Crippen molar-refractivity contribution in [1.82, 2.24) is 4.98 Å². The van der Waals surface area contributed by atoms with Gasteiger partial charge in [-0.3, -0.25) is 9.78 Å². The topological polar surface area (TPSA) is 30.0 Å². The zero-order valence-electron chi connectivity index (χ0n) is 16.7. The number of hydrogen-bond acceptors (Lipinski definition) is 3. The maximum atomic E-state index is 13.9. The summed E-state index contributed by atoms with van der Waals surface area (Å²) in [5.41, 5.74) is 6.87. The zero-order chi connectivity index (χ0) is 21.0. The maximum Gasteiger partial charge on any atom is 0.195 e. The summed E-state index contributed by atoms with van der Waals surface area (Å²) in [6.45, 7) is 0. The minimum absolute atomic E-state index is 0.0223. The van der Waals surface area contributed by atoms with E-state index in [1.54, 1.807) is 11.3 Å². The molecule has 5 aromatic rings. The number of benzene rings is 3. The molecule has 148 valence electrons. The molecule has 0 spiro atoms. The molecule has 2 heterocycles. The van der Waals surface area contributed by atoms with Crippen LogP contribution in [0.1, 0.15) is 15.9 Å². The predicted octanol–water partition coefficient (Wildman–Crippen LogP) is 7.38. The Morgan fingerprint density at radius 2 is 1.29 bits per heavy atom. The molecular formula is C28H19NOS. The van der Waals surface area contributed by atoms with Gasteiger partial charge in [0.1, 0.15) is 0 Å². The molecule has 3 heteroatoms. The number of aromatic nitrogens is 1. The van der Waals surface area contributed by atoms with E-state index in [1.165, 1.54) is 0 Å². The summed E-state index contributed by atoms with van der Waals surface area (Å²) < 4.78 is 0. The van der Waals surface area contributed by atoms with E-state index in [0.29, 0.717) is 16.8 Å². The molecule has 0 amide bonds. The fourth-order valence-electron chi connectivity index (χ4n) is 3.83. The highest BCUT2D eigenvalue weighted by molar-refractivity contribution is 7.08. The van der Waals surface area contributed by atoms with Gasteiger partial charge in [0.05, 0.1) is 11.3 Å². The highest BCUT2D eigenvalue weighted by Crippen LogP contribution is 2.40. The van der Waals surface area contributed by atoms with Crippen LogP contribution in [0, 0.1) is 0 Å². The molecular weight excluding hydrogens is 398 g/mol. The Morgan fingerprint density at radius 3 is 1.90 bits per heavy atom. The molecule has 0 N–H and O–H groups in total. The van der Waals surface area contributed by atoms with Crippen molar-refractivity contribution in [2.45, 2.75) is 0 Å². The first kappa shape index (κ1) is 19.2. The van der Waals surface area contributed by atoms with Crippen molar-refractivity contribution < 1.29 is 4.79 Å². The molecule has 0 radical (unpaired) electrons. The van der Waals surface area contributed by atoms with E-state index in [2.05, 4.69) is 24.3 Å². The number of thiophene rings is 1. The van der Waals surface area contributed by atoms with Crippen LogP contribution in [0.4, 0.5) is 0 Å². The molecule has 31 heavy (non-hydrogen) atoms. The first-order valence-electron chi connectivity index (χ1n) is 10.1. The predicted molar refractivity (Wildman–Crippen MR) is 128 cm³/mol. The smallest absolute Gasteiger partial charge is 0.195 e. The lowest BCUT2D eigenvalue weighted by Gasteiger charge is -2.18. The molecule has 5 rings (SSSR count). The van der Waals surface area contributed by atoms with Gasteiger partial charge in [0.15, 0.2) is 5.78 Å². The Morgan fingerprint density at radius 1 is 0.677 bits per heavy atom. The highest BCUT2D eigenvalue weighted by Gasteiger charge is 2.24. The highest BCUT2D eigenvalue weighted by atomic mass is 32.1. The molecule has 0 aliphatic carbocycles. The van der Waals surface area contributed by atoms with Crippen molar-refractivity contribution in [1.29, 1.82) is 0 Å². The molecule has 0 bridgehead atoms. The summed E-state index contributed by atoms with van der Waals surface area (Å²) in [6, 6.07) is 31.7. The fourth-order valence-corrected chi connectivity index (χ4v) is 4.47. The molecule has 0 fully saturated rings. The molecule has 2 aromatic heterocycles. The molecule has 0 saturated carbocycles. The summed E-state index contributed by atoms with van der Waals surface area (Å²) in [4.78, 5) is 18.7. The van der Waals surface area contributed by atoms with Crippen LogP contribution in [0.15, 0.2) is 114 Å². The van der Waals surface area contributed by atoms with Crippen molar-refractivity contribution in [3.05, 3.63) is 125 Å². The number of pyridine rings is 1. The van der Waals surface area contributed by atoms with Crippen LogP contribution in [-0.4, -0.2) is 10.8 Å². The second-order valence-corrected chi connectivity index (χ2v) is 7.99. The van der Waals surface area contributed by atoms with Crippen LogP contribution in [0.5, 0.6) is 0 Å². The van der Waals surface area contributed by atoms with Gasteiger partial charge in [-0.15, -0.1) is 0 Å².